The second-order valence-electron chi connectivity index (χ2n) is 4.25. The molecule has 0 radical (unpaired) electrons. The molecule has 2 aromatic carbocycles. The summed E-state index contributed by atoms with van der Waals surface area (Å²) in [6, 6.07) is 13.7. The molecule has 0 aliphatic rings. The lowest BCUT2D eigenvalue weighted by Crippen LogP contribution is -2.07. The van der Waals surface area contributed by atoms with Gasteiger partial charge in [-0.2, -0.15) is 0 Å². The Hall–Kier alpha value is -1.94. The first-order valence-electron chi connectivity index (χ1n) is 5.72. The number of hydrogen-bond donors (Lipinski definition) is 1. The third-order valence-electron chi connectivity index (χ3n) is 2.96. The van der Waals surface area contributed by atoms with E-state index in [1.165, 1.54) is 12.1 Å². The summed E-state index contributed by atoms with van der Waals surface area (Å²) in [7, 11) is 0. The highest BCUT2D eigenvalue weighted by Gasteiger charge is 2.05. The third-order valence-corrected chi connectivity index (χ3v) is 3.49. The summed E-state index contributed by atoms with van der Waals surface area (Å²) in [6.07, 6.45) is 0. The molecule has 1 aromatic heterocycles. The predicted molar refractivity (Wildman–Crippen MR) is 77.7 cm³/mol. The van der Waals surface area contributed by atoms with Crippen molar-refractivity contribution < 1.29 is 4.39 Å². The van der Waals surface area contributed by atoms with E-state index < -0.39 is 5.82 Å². The van der Waals surface area contributed by atoms with Crippen molar-refractivity contribution in [2.24, 2.45) is 0 Å². The molecule has 0 saturated carbocycles. The molecule has 0 amide bonds. The lowest BCUT2D eigenvalue weighted by Gasteiger charge is -2.04. The molecule has 19 heavy (non-hydrogen) atoms. The van der Waals surface area contributed by atoms with Gasteiger partial charge < -0.3 is 4.98 Å². The summed E-state index contributed by atoms with van der Waals surface area (Å²) in [4.78, 5) is 14.7. The Morgan fingerprint density at radius 1 is 1.00 bits per heavy atom. The Morgan fingerprint density at radius 3 is 2.47 bits per heavy atom. The van der Waals surface area contributed by atoms with Crippen LogP contribution in [-0.2, 0) is 0 Å². The molecule has 1 N–H and O–H groups in total. The van der Waals surface area contributed by atoms with Crippen molar-refractivity contribution in [1.29, 1.82) is 0 Å². The lowest BCUT2D eigenvalue weighted by molar-refractivity contribution is 0.629. The van der Waals surface area contributed by atoms with Gasteiger partial charge in [0.1, 0.15) is 5.82 Å². The van der Waals surface area contributed by atoms with Gasteiger partial charge in [-0.25, -0.2) is 4.39 Å². The van der Waals surface area contributed by atoms with Crippen molar-refractivity contribution in [1.82, 2.24) is 4.98 Å². The molecule has 1 heterocycles. The Morgan fingerprint density at radius 2 is 1.74 bits per heavy atom. The van der Waals surface area contributed by atoms with Gasteiger partial charge in [-0.05, 0) is 41.3 Å². The number of H-pyrrole nitrogens is 1. The molecule has 0 fully saturated rings. The van der Waals surface area contributed by atoms with E-state index in [0.717, 1.165) is 21.1 Å². The van der Waals surface area contributed by atoms with Crippen LogP contribution < -0.4 is 5.56 Å². The number of pyridine rings is 1. The normalized spacial score (nSPS) is 10.8. The van der Waals surface area contributed by atoms with Gasteiger partial charge >= 0.3 is 0 Å². The van der Waals surface area contributed by atoms with E-state index in [9.17, 15) is 9.18 Å². The second-order valence-corrected chi connectivity index (χ2v) is 5.17. The molecule has 0 spiro atoms. The number of nitrogens with one attached hydrogen (secondary N) is 1. The highest BCUT2D eigenvalue weighted by molar-refractivity contribution is 9.10. The monoisotopic (exact) mass is 317 g/mol. The number of fused-ring (bicyclic) bond motifs is 1. The van der Waals surface area contributed by atoms with Gasteiger partial charge in [-0.3, -0.25) is 4.79 Å². The predicted octanol–water partition coefficient (Wildman–Crippen LogP) is 4.10. The fourth-order valence-electron chi connectivity index (χ4n) is 2.02. The van der Waals surface area contributed by atoms with Crippen LogP contribution >= 0.6 is 15.9 Å². The van der Waals surface area contributed by atoms with Crippen molar-refractivity contribution in [3.63, 3.8) is 0 Å². The summed E-state index contributed by atoms with van der Waals surface area (Å²) in [5, 5.41) is 1.09. The molecular formula is C15H9BrFNO. The van der Waals surface area contributed by atoms with Crippen molar-refractivity contribution in [2.45, 2.75) is 0 Å². The minimum Gasteiger partial charge on any atom is -0.321 e. The number of aromatic amines is 1. The fourth-order valence-corrected chi connectivity index (χ4v) is 2.28. The van der Waals surface area contributed by atoms with Crippen LogP contribution in [0.15, 0.2) is 57.8 Å². The van der Waals surface area contributed by atoms with Gasteiger partial charge in [0.2, 0.25) is 0 Å². The molecule has 0 unspecified atom stereocenters. The first kappa shape index (κ1) is 12.1. The summed E-state index contributed by atoms with van der Waals surface area (Å²) in [6.45, 7) is 0. The zero-order valence-corrected chi connectivity index (χ0v) is 11.4. The molecule has 2 nitrogen and oxygen atoms in total. The fraction of sp³-hybridized carbons (Fsp3) is 0. The average Bonchev–Trinajstić information content (AvgIpc) is 2.40. The Balaban J connectivity index is 2.24. The summed E-state index contributed by atoms with van der Waals surface area (Å²) < 4.78 is 14.1. The van der Waals surface area contributed by atoms with Crippen LogP contribution in [0, 0.1) is 5.82 Å². The minimum atomic E-state index is -0.408. The molecular weight excluding hydrogens is 309 g/mol. The quantitative estimate of drug-likeness (QED) is 0.720. The molecule has 4 heteroatoms. The van der Waals surface area contributed by atoms with Crippen LogP contribution in [-0.4, -0.2) is 4.98 Å². The van der Waals surface area contributed by atoms with Gasteiger partial charge in [-0.1, -0.05) is 34.1 Å². The summed E-state index contributed by atoms with van der Waals surface area (Å²) in [5.74, 6) is -0.408. The van der Waals surface area contributed by atoms with Crippen LogP contribution in [0.4, 0.5) is 4.39 Å². The van der Waals surface area contributed by atoms with E-state index in [0.29, 0.717) is 5.39 Å². The maximum atomic E-state index is 13.1. The van der Waals surface area contributed by atoms with Crippen LogP contribution in [0.5, 0.6) is 0 Å². The van der Waals surface area contributed by atoms with Gasteiger partial charge in [0.05, 0.1) is 0 Å². The number of aromatic nitrogens is 1. The largest absolute Gasteiger partial charge is 0.321 e. The Bertz CT molecular complexity index is 808. The van der Waals surface area contributed by atoms with Gasteiger partial charge in [0, 0.05) is 15.6 Å². The highest BCUT2D eigenvalue weighted by Crippen LogP contribution is 2.22. The number of hydrogen-bond acceptors (Lipinski definition) is 1. The SMILES string of the molecule is O=c1[nH]c(-c2ccc(Br)cc2)cc2ccc(F)cc12. The maximum Gasteiger partial charge on any atom is 0.256 e. The van der Waals surface area contributed by atoms with Crippen LogP contribution in [0.2, 0.25) is 0 Å². The first-order chi connectivity index (χ1) is 9.13. The molecule has 3 aromatic rings. The zero-order chi connectivity index (χ0) is 13.4. The van der Waals surface area contributed by atoms with E-state index in [1.807, 2.05) is 30.3 Å². The average molecular weight is 318 g/mol. The first-order valence-corrected chi connectivity index (χ1v) is 6.51. The van der Waals surface area contributed by atoms with Gasteiger partial charge in [-0.15, -0.1) is 0 Å². The van der Waals surface area contributed by atoms with Crippen molar-refractivity contribution in [2.75, 3.05) is 0 Å². The number of rotatable bonds is 1. The van der Waals surface area contributed by atoms with Crippen LogP contribution in [0.25, 0.3) is 22.0 Å². The minimum absolute atomic E-state index is 0.282. The third kappa shape index (κ3) is 2.31. The van der Waals surface area contributed by atoms with Crippen molar-refractivity contribution in [3.05, 3.63) is 69.2 Å². The van der Waals surface area contributed by atoms with Crippen molar-refractivity contribution >= 4 is 26.7 Å². The smallest absolute Gasteiger partial charge is 0.256 e. The van der Waals surface area contributed by atoms with Gasteiger partial charge in [0.25, 0.3) is 5.56 Å². The van der Waals surface area contributed by atoms with Crippen LogP contribution in [0.3, 0.4) is 0 Å². The highest BCUT2D eigenvalue weighted by atomic mass is 79.9. The second kappa shape index (κ2) is 4.63. The topological polar surface area (TPSA) is 32.9 Å². The molecule has 0 bridgehead atoms. The molecule has 0 atom stereocenters. The summed E-state index contributed by atoms with van der Waals surface area (Å²) in [5.41, 5.74) is 1.35. The van der Waals surface area contributed by atoms with E-state index in [2.05, 4.69) is 20.9 Å². The standard InChI is InChI=1S/C15H9BrFNO/c16-11-4-1-9(2-5-11)14-7-10-3-6-12(17)8-13(10)15(19)18-14/h1-8H,(H,18,19). The van der Waals surface area contributed by atoms with Gasteiger partial charge in [0.15, 0.2) is 0 Å². The van der Waals surface area contributed by atoms with E-state index >= 15 is 0 Å². The number of halogens is 2. The maximum absolute atomic E-state index is 13.1. The zero-order valence-electron chi connectivity index (χ0n) is 9.78. The lowest BCUT2D eigenvalue weighted by atomic mass is 10.1. The van der Waals surface area contributed by atoms with E-state index in [4.69, 9.17) is 0 Å². The van der Waals surface area contributed by atoms with Crippen molar-refractivity contribution in [3.8, 4) is 11.3 Å². The summed E-state index contributed by atoms with van der Waals surface area (Å²) >= 11 is 3.37. The number of benzene rings is 2. The molecule has 3 rings (SSSR count). The van der Waals surface area contributed by atoms with Crippen LogP contribution in [0.1, 0.15) is 0 Å². The molecule has 0 aliphatic carbocycles. The molecule has 0 aliphatic heterocycles. The van der Waals surface area contributed by atoms with E-state index in [-0.39, 0.29) is 5.56 Å². The molecule has 94 valence electrons. The Kier molecular flexibility index (Phi) is 2.95. The Labute approximate surface area is 117 Å². The molecule has 0 saturated heterocycles. The van der Waals surface area contributed by atoms with E-state index in [1.54, 1.807) is 6.07 Å².